The van der Waals surface area contributed by atoms with Crippen molar-refractivity contribution in [2.75, 3.05) is 13.2 Å². The van der Waals surface area contributed by atoms with E-state index in [0.717, 1.165) is 5.56 Å². The van der Waals surface area contributed by atoms with E-state index in [1.807, 2.05) is 12.1 Å². The molecule has 0 saturated heterocycles. The summed E-state index contributed by atoms with van der Waals surface area (Å²) < 4.78 is 10.8. The van der Waals surface area contributed by atoms with Crippen LogP contribution in [0.15, 0.2) is 18.2 Å². The van der Waals surface area contributed by atoms with Crippen LogP contribution in [0, 0.1) is 0 Å². The fourth-order valence-corrected chi connectivity index (χ4v) is 1.92. The fraction of sp³-hybridized carbons (Fsp3) is 0.455. The van der Waals surface area contributed by atoms with Crippen LogP contribution in [0.25, 0.3) is 0 Å². The number of aliphatic hydroxyl groups is 1. The standard InChI is InChI=1S/C11H16BNO4/c1-7(14)6-16-9-4-2-3-8-10(5-13)17-12(15)11(8)9/h2-4,7,10,14-15H,5-6,13H2,1H3. The van der Waals surface area contributed by atoms with Crippen LogP contribution in [0.1, 0.15) is 18.6 Å². The molecule has 1 aliphatic heterocycles. The first-order chi connectivity index (χ1) is 8.13. The average Bonchev–Trinajstić information content (AvgIpc) is 2.64. The first-order valence-electron chi connectivity index (χ1n) is 5.60. The Balaban J connectivity index is 2.27. The molecule has 2 unspecified atom stereocenters. The molecule has 0 bridgehead atoms. The molecule has 6 heteroatoms. The molecular formula is C11H16BNO4. The molecule has 0 fully saturated rings. The average molecular weight is 237 g/mol. The highest BCUT2D eigenvalue weighted by Gasteiger charge is 2.37. The number of ether oxygens (including phenoxy) is 1. The van der Waals surface area contributed by atoms with Crippen LogP contribution >= 0.6 is 0 Å². The minimum absolute atomic E-state index is 0.177. The number of benzene rings is 1. The van der Waals surface area contributed by atoms with Crippen LogP contribution in [0.4, 0.5) is 0 Å². The molecule has 2 rings (SSSR count). The van der Waals surface area contributed by atoms with Gasteiger partial charge in [-0.25, -0.2) is 0 Å². The van der Waals surface area contributed by atoms with Crippen LogP contribution in [-0.4, -0.2) is 36.5 Å². The van der Waals surface area contributed by atoms with Gasteiger partial charge in [-0.2, -0.15) is 0 Å². The van der Waals surface area contributed by atoms with Crippen LogP contribution < -0.4 is 15.9 Å². The monoisotopic (exact) mass is 237 g/mol. The van der Waals surface area contributed by atoms with E-state index >= 15 is 0 Å². The van der Waals surface area contributed by atoms with E-state index in [-0.39, 0.29) is 12.7 Å². The minimum atomic E-state index is -1.01. The molecule has 0 amide bonds. The van der Waals surface area contributed by atoms with Crippen molar-refractivity contribution in [2.24, 2.45) is 5.73 Å². The van der Waals surface area contributed by atoms with Crippen LogP contribution in [-0.2, 0) is 4.65 Å². The maximum Gasteiger partial charge on any atom is 0.495 e. The maximum absolute atomic E-state index is 9.81. The van der Waals surface area contributed by atoms with E-state index in [0.29, 0.717) is 17.8 Å². The number of hydrogen-bond donors (Lipinski definition) is 3. The Hall–Kier alpha value is -1.08. The van der Waals surface area contributed by atoms with Gasteiger partial charge in [0.25, 0.3) is 0 Å². The summed E-state index contributed by atoms with van der Waals surface area (Å²) in [5.41, 5.74) is 7.03. The predicted octanol–water partition coefficient (Wildman–Crippen LogP) is -0.836. The van der Waals surface area contributed by atoms with Crippen molar-refractivity contribution in [3.63, 3.8) is 0 Å². The normalized spacial score (nSPS) is 20.2. The highest BCUT2D eigenvalue weighted by molar-refractivity contribution is 6.62. The van der Waals surface area contributed by atoms with E-state index in [1.165, 1.54) is 0 Å². The van der Waals surface area contributed by atoms with Crippen molar-refractivity contribution in [3.05, 3.63) is 23.8 Å². The third kappa shape index (κ3) is 2.45. The molecule has 1 aliphatic rings. The molecule has 2 atom stereocenters. The number of nitrogens with two attached hydrogens (primary N) is 1. The molecule has 0 spiro atoms. The van der Waals surface area contributed by atoms with Gasteiger partial charge in [0.2, 0.25) is 0 Å². The summed E-state index contributed by atoms with van der Waals surface area (Å²) in [6.45, 7) is 2.12. The van der Waals surface area contributed by atoms with Crippen molar-refractivity contribution in [1.82, 2.24) is 0 Å². The molecule has 5 nitrogen and oxygen atoms in total. The lowest BCUT2D eigenvalue weighted by Crippen LogP contribution is -2.30. The quantitative estimate of drug-likeness (QED) is 0.595. The maximum atomic E-state index is 9.81. The fourth-order valence-electron chi connectivity index (χ4n) is 1.92. The van der Waals surface area contributed by atoms with Crippen molar-refractivity contribution in [1.29, 1.82) is 0 Å². The molecule has 92 valence electrons. The second-order valence-corrected chi connectivity index (χ2v) is 4.13. The Morgan fingerprint density at radius 1 is 1.59 bits per heavy atom. The van der Waals surface area contributed by atoms with Gasteiger partial charge in [-0.1, -0.05) is 12.1 Å². The summed E-state index contributed by atoms with van der Waals surface area (Å²) in [5, 5.41) is 19.0. The van der Waals surface area contributed by atoms with E-state index in [9.17, 15) is 10.1 Å². The molecule has 1 aromatic rings. The Labute approximate surface area is 100 Å². The van der Waals surface area contributed by atoms with Crippen LogP contribution in [0.2, 0.25) is 0 Å². The predicted molar refractivity (Wildman–Crippen MR) is 64.1 cm³/mol. The third-order valence-corrected chi connectivity index (χ3v) is 2.68. The third-order valence-electron chi connectivity index (χ3n) is 2.68. The first kappa shape index (κ1) is 12.4. The van der Waals surface area contributed by atoms with Crippen molar-refractivity contribution in [2.45, 2.75) is 19.1 Å². The number of aliphatic hydroxyl groups excluding tert-OH is 1. The molecule has 0 aromatic heterocycles. The Bertz CT molecular complexity index is 399. The van der Waals surface area contributed by atoms with E-state index in [4.69, 9.17) is 15.1 Å². The van der Waals surface area contributed by atoms with Crippen molar-refractivity contribution in [3.8, 4) is 5.75 Å². The lowest BCUT2D eigenvalue weighted by molar-refractivity contribution is 0.123. The summed E-state index contributed by atoms with van der Waals surface area (Å²) in [6.07, 6.45) is -0.856. The summed E-state index contributed by atoms with van der Waals surface area (Å²) in [7, 11) is -1.01. The second kappa shape index (κ2) is 5.06. The summed E-state index contributed by atoms with van der Waals surface area (Å²) in [4.78, 5) is 0. The summed E-state index contributed by atoms with van der Waals surface area (Å²) in [5.74, 6) is 0.534. The zero-order chi connectivity index (χ0) is 12.4. The first-order valence-corrected chi connectivity index (χ1v) is 5.60. The largest absolute Gasteiger partial charge is 0.495 e. The Morgan fingerprint density at radius 2 is 2.35 bits per heavy atom. The van der Waals surface area contributed by atoms with Gasteiger partial charge in [0.1, 0.15) is 12.4 Å². The molecule has 1 aromatic carbocycles. The SMILES string of the molecule is CC(O)COc1cccc2c1B(O)OC2CN. The summed E-state index contributed by atoms with van der Waals surface area (Å²) >= 11 is 0. The number of fused-ring (bicyclic) bond motifs is 1. The van der Waals surface area contributed by atoms with Gasteiger partial charge < -0.3 is 25.3 Å². The number of hydrogen-bond acceptors (Lipinski definition) is 5. The molecule has 0 radical (unpaired) electrons. The highest BCUT2D eigenvalue weighted by atomic mass is 16.5. The molecule has 1 heterocycles. The lowest BCUT2D eigenvalue weighted by Gasteiger charge is -2.12. The highest BCUT2D eigenvalue weighted by Crippen LogP contribution is 2.26. The Kier molecular flexibility index (Phi) is 3.68. The van der Waals surface area contributed by atoms with Gasteiger partial charge in [-0.3, -0.25) is 0 Å². The molecule has 17 heavy (non-hydrogen) atoms. The van der Waals surface area contributed by atoms with Gasteiger partial charge in [-0.05, 0) is 18.6 Å². The van der Waals surface area contributed by atoms with E-state index < -0.39 is 13.2 Å². The molecule has 0 aliphatic carbocycles. The Morgan fingerprint density at radius 3 is 3.00 bits per heavy atom. The van der Waals surface area contributed by atoms with Crippen LogP contribution in [0.5, 0.6) is 5.75 Å². The zero-order valence-corrected chi connectivity index (χ0v) is 9.67. The minimum Gasteiger partial charge on any atom is -0.491 e. The van der Waals surface area contributed by atoms with E-state index in [1.54, 1.807) is 13.0 Å². The van der Waals surface area contributed by atoms with Gasteiger partial charge in [0.15, 0.2) is 0 Å². The summed E-state index contributed by atoms with van der Waals surface area (Å²) in [6, 6.07) is 5.42. The zero-order valence-electron chi connectivity index (χ0n) is 9.67. The van der Waals surface area contributed by atoms with Crippen molar-refractivity contribution < 1.29 is 19.5 Å². The molecular weight excluding hydrogens is 221 g/mol. The van der Waals surface area contributed by atoms with Gasteiger partial charge in [-0.15, -0.1) is 0 Å². The lowest BCUT2D eigenvalue weighted by atomic mass is 9.78. The van der Waals surface area contributed by atoms with Crippen molar-refractivity contribution >= 4 is 12.6 Å². The van der Waals surface area contributed by atoms with Crippen LogP contribution in [0.3, 0.4) is 0 Å². The van der Waals surface area contributed by atoms with E-state index in [2.05, 4.69) is 0 Å². The number of rotatable bonds is 4. The van der Waals surface area contributed by atoms with Gasteiger partial charge >= 0.3 is 7.12 Å². The topological polar surface area (TPSA) is 84.9 Å². The molecule has 4 N–H and O–H groups in total. The molecule has 0 saturated carbocycles. The van der Waals surface area contributed by atoms with Gasteiger partial charge in [0, 0.05) is 12.0 Å². The van der Waals surface area contributed by atoms with Gasteiger partial charge in [0.05, 0.1) is 12.2 Å². The second-order valence-electron chi connectivity index (χ2n) is 4.13. The smallest absolute Gasteiger partial charge is 0.491 e.